The van der Waals surface area contributed by atoms with Crippen LogP contribution < -0.4 is 11.1 Å². The molecule has 82 valence electrons. The molecule has 1 amide bonds. The first-order valence-corrected chi connectivity index (χ1v) is 4.82. The third kappa shape index (κ3) is 1.75. The van der Waals surface area contributed by atoms with E-state index in [0.29, 0.717) is 11.3 Å². The molecule has 0 atom stereocenters. The predicted molar refractivity (Wildman–Crippen MR) is 61.4 cm³/mol. The van der Waals surface area contributed by atoms with Gasteiger partial charge in [-0.2, -0.15) is 0 Å². The number of imidazole rings is 1. The van der Waals surface area contributed by atoms with Gasteiger partial charge in [0.2, 0.25) is 0 Å². The number of nitrogens with two attached hydrogens (primary N) is 1. The topological polar surface area (TPSA) is 72.9 Å². The molecule has 0 bridgehead atoms. The first-order chi connectivity index (χ1) is 7.72. The van der Waals surface area contributed by atoms with E-state index in [9.17, 15) is 4.79 Å². The van der Waals surface area contributed by atoms with Gasteiger partial charge in [0, 0.05) is 25.1 Å². The van der Waals surface area contributed by atoms with Gasteiger partial charge in [-0.1, -0.05) is 0 Å². The van der Waals surface area contributed by atoms with Crippen LogP contribution in [0.5, 0.6) is 0 Å². The second-order valence-electron chi connectivity index (χ2n) is 3.33. The number of aromatic nitrogens is 2. The summed E-state index contributed by atoms with van der Waals surface area (Å²) in [7, 11) is 1.59. The average Bonchev–Trinajstić information content (AvgIpc) is 2.81. The second-order valence-corrected chi connectivity index (χ2v) is 3.33. The van der Waals surface area contributed by atoms with E-state index >= 15 is 0 Å². The van der Waals surface area contributed by atoms with Crippen molar-refractivity contribution in [3.8, 4) is 5.69 Å². The summed E-state index contributed by atoms with van der Waals surface area (Å²) in [6, 6.07) is 5.14. The van der Waals surface area contributed by atoms with E-state index in [1.54, 1.807) is 48.5 Å². The van der Waals surface area contributed by atoms with Gasteiger partial charge < -0.3 is 15.6 Å². The van der Waals surface area contributed by atoms with Crippen molar-refractivity contribution < 1.29 is 4.79 Å². The van der Waals surface area contributed by atoms with Crippen LogP contribution in [0.1, 0.15) is 10.4 Å². The molecule has 3 N–H and O–H groups in total. The maximum Gasteiger partial charge on any atom is 0.253 e. The largest absolute Gasteiger partial charge is 0.399 e. The van der Waals surface area contributed by atoms with Crippen molar-refractivity contribution in [3.05, 3.63) is 42.5 Å². The lowest BCUT2D eigenvalue weighted by Gasteiger charge is -2.09. The number of amides is 1. The molecule has 5 heteroatoms. The zero-order valence-electron chi connectivity index (χ0n) is 8.84. The minimum atomic E-state index is -0.149. The molecular formula is C11H12N4O. The van der Waals surface area contributed by atoms with E-state index in [2.05, 4.69) is 10.3 Å². The van der Waals surface area contributed by atoms with Crippen LogP contribution in [0.15, 0.2) is 36.9 Å². The molecule has 0 saturated heterocycles. The number of anilines is 1. The molecule has 0 aliphatic carbocycles. The van der Waals surface area contributed by atoms with Gasteiger partial charge in [-0.05, 0) is 18.2 Å². The van der Waals surface area contributed by atoms with Crippen molar-refractivity contribution in [2.24, 2.45) is 0 Å². The van der Waals surface area contributed by atoms with Crippen LogP contribution in [0, 0.1) is 0 Å². The van der Waals surface area contributed by atoms with E-state index < -0.39 is 0 Å². The molecule has 0 radical (unpaired) electrons. The number of nitrogens with one attached hydrogen (secondary N) is 1. The van der Waals surface area contributed by atoms with Crippen molar-refractivity contribution in [1.82, 2.24) is 14.9 Å². The number of rotatable bonds is 2. The summed E-state index contributed by atoms with van der Waals surface area (Å²) >= 11 is 0. The van der Waals surface area contributed by atoms with Gasteiger partial charge in [-0.3, -0.25) is 4.79 Å². The highest BCUT2D eigenvalue weighted by molar-refractivity contribution is 5.98. The van der Waals surface area contributed by atoms with E-state index in [1.807, 2.05) is 0 Å². The number of nitrogen functional groups attached to an aromatic ring is 1. The zero-order chi connectivity index (χ0) is 11.5. The summed E-state index contributed by atoms with van der Waals surface area (Å²) < 4.78 is 1.75. The second kappa shape index (κ2) is 4.06. The van der Waals surface area contributed by atoms with E-state index in [1.165, 1.54) is 0 Å². The van der Waals surface area contributed by atoms with Crippen LogP contribution >= 0.6 is 0 Å². The quantitative estimate of drug-likeness (QED) is 0.730. The predicted octanol–water partition coefficient (Wildman–Crippen LogP) is 0.814. The molecule has 5 nitrogen and oxygen atoms in total. The highest BCUT2D eigenvalue weighted by atomic mass is 16.1. The Labute approximate surface area is 92.9 Å². The van der Waals surface area contributed by atoms with Gasteiger partial charge in [0.25, 0.3) is 5.91 Å². The Morgan fingerprint density at radius 3 is 2.94 bits per heavy atom. The van der Waals surface area contributed by atoms with Crippen molar-refractivity contribution in [3.63, 3.8) is 0 Å². The molecule has 0 spiro atoms. The van der Waals surface area contributed by atoms with Gasteiger partial charge >= 0.3 is 0 Å². The van der Waals surface area contributed by atoms with Crippen molar-refractivity contribution in [1.29, 1.82) is 0 Å². The van der Waals surface area contributed by atoms with E-state index in [-0.39, 0.29) is 5.91 Å². The Bertz CT molecular complexity index is 505. The summed E-state index contributed by atoms with van der Waals surface area (Å²) in [5, 5.41) is 2.59. The number of benzene rings is 1. The number of hydrogen-bond donors (Lipinski definition) is 2. The van der Waals surface area contributed by atoms with Gasteiger partial charge in [-0.25, -0.2) is 4.98 Å². The average molecular weight is 216 g/mol. The minimum Gasteiger partial charge on any atom is -0.399 e. The molecule has 0 aliphatic heterocycles. The SMILES string of the molecule is CNC(=O)c1ccc(N)cc1-n1ccnc1. The summed E-state index contributed by atoms with van der Waals surface area (Å²) in [6.07, 6.45) is 5.04. The lowest BCUT2D eigenvalue weighted by atomic mass is 10.1. The summed E-state index contributed by atoms with van der Waals surface area (Å²) in [5.74, 6) is -0.149. The van der Waals surface area contributed by atoms with Crippen LogP contribution in [0.4, 0.5) is 5.69 Å². The maximum absolute atomic E-state index is 11.7. The normalized spacial score (nSPS) is 10.1. The number of carbonyl (C=O) groups excluding carboxylic acids is 1. The zero-order valence-corrected chi connectivity index (χ0v) is 8.84. The first-order valence-electron chi connectivity index (χ1n) is 4.82. The third-order valence-electron chi connectivity index (χ3n) is 2.28. The Balaban J connectivity index is 2.57. The summed E-state index contributed by atoms with van der Waals surface area (Å²) in [6.45, 7) is 0. The molecule has 16 heavy (non-hydrogen) atoms. The number of carbonyl (C=O) groups is 1. The molecule has 0 fully saturated rings. The van der Waals surface area contributed by atoms with Crippen LogP contribution in [0.3, 0.4) is 0 Å². The molecule has 1 aromatic heterocycles. The summed E-state index contributed by atoms with van der Waals surface area (Å²) in [4.78, 5) is 15.6. The molecule has 1 aromatic carbocycles. The molecule has 0 aliphatic rings. The van der Waals surface area contributed by atoms with Crippen LogP contribution in [0.2, 0.25) is 0 Å². The van der Waals surface area contributed by atoms with Crippen molar-refractivity contribution in [2.45, 2.75) is 0 Å². The van der Waals surface area contributed by atoms with Gasteiger partial charge in [0.15, 0.2) is 0 Å². The molecule has 2 aromatic rings. The maximum atomic E-state index is 11.7. The first kappa shape index (κ1) is 10.2. The van der Waals surface area contributed by atoms with Crippen molar-refractivity contribution >= 4 is 11.6 Å². The minimum absolute atomic E-state index is 0.149. The number of nitrogens with zero attached hydrogens (tertiary/aromatic N) is 2. The Morgan fingerprint density at radius 1 is 1.50 bits per heavy atom. The monoisotopic (exact) mass is 216 g/mol. The fraction of sp³-hybridized carbons (Fsp3) is 0.0909. The molecule has 1 heterocycles. The van der Waals surface area contributed by atoms with Crippen molar-refractivity contribution in [2.75, 3.05) is 12.8 Å². The van der Waals surface area contributed by atoms with Gasteiger partial charge in [-0.15, -0.1) is 0 Å². The Kier molecular flexibility index (Phi) is 2.59. The lowest BCUT2D eigenvalue weighted by Crippen LogP contribution is -2.19. The Hall–Kier alpha value is -2.30. The van der Waals surface area contributed by atoms with Gasteiger partial charge in [0.1, 0.15) is 0 Å². The van der Waals surface area contributed by atoms with E-state index in [0.717, 1.165) is 5.69 Å². The smallest absolute Gasteiger partial charge is 0.253 e. The fourth-order valence-electron chi connectivity index (χ4n) is 1.49. The lowest BCUT2D eigenvalue weighted by molar-refractivity contribution is 0.0963. The van der Waals surface area contributed by atoms with Gasteiger partial charge in [0.05, 0.1) is 17.6 Å². The molecule has 0 saturated carbocycles. The van der Waals surface area contributed by atoms with Crippen LogP contribution in [-0.4, -0.2) is 22.5 Å². The molecular weight excluding hydrogens is 204 g/mol. The summed E-state index contributed by atoms with van der Waals surface area (Å²) in [5.41, 5.74) is 7.60. The van der Waals surface area contributed by atoms with E-state index in [4.69, 9.17) is 5.73 Å². The molecule has 2 rings (SSSR count). The fourth-order valence-corrected chi connectivity index (χ4v) is 1.49. The highest BCUT2D eigenvalue weighted by Crippen LogP contribution is 2.17. The highest BCUT2D eigenvalue weighted by Gasteiger charge is 2.11. The standard InChI is InChI=1S/C11H12N4O/c1-13-11(16)9-3-2-8(12)6-10(9)15-5-4-14-7-15/h2-7H,12H2,1H3,(H,13,16). The third-order valence-corrected chi connectivity index (χ3v) is 2.28. The molecule has 0 unspecified atom stereocenters. The number of hydrogen-bond acceptors (Lipinski definition) is 3. The van der Waals surface area contributed by atoms with Crippen LogP contribution in [0.25, 0.3) is 5.69 Å². The van der Waals surface area contributed by atoms with Crippen LogP contribution in [-0.2, 0) is 0 Å². The Morgan fingerprint density at radius 2 is 2.31 bits per heavy atom.